The first kappa shape index (κ1) is 18.4. The molecule has 138 valence electrons. The van der Waals surface area contributed by atoms with Gasteiger partial charge in [-0.2, -0.15) is 0 Å². The fraction of sp³-hybridized carbons (Fsp3) is 0.190. The van der Waals surface area contributed by atoms with Crippen molar-refractivity contribution in [2.45, 2.75) is 20.4 Å². The Balaban J connectivity index is 1.72. The predicted molar refractivity (Wildman–Crippen MR) is 101 cm³/mol. The number of nitrogens with one attached hydrogen (secondary N) is 1. The van der Waals surface area contributed by atoms with E-state index in [1.807, 2.05) is 48.7 Å². The fourth-order valence-electron chi connectivity index (χ4n) is 2.96. The Morgan fingerprint density at radius 1 is 1.04 bits per heavy atom. The number of ether oxygens (including phenoxy) is 1. The Morgan fingerprint density at radius 3 is 2.48 bits per heavy atom. The topological polar surface area (TPSA) is 81.2 Å². The van der Waals surface area contributed by atoms with Crippen LogP contribution in [0, 0.1) is 13.8 Å². The molecule has 1 N–H and O–H groups in total. The summed E-state index contributed by atoms with van der Waals surface area (Å²) in [7, 11) is 0. The summed E-state index contributed by atoms with van der Waals surface area (Å²) in [4.78, 5) is 38.5. The number of benzene rings is 1. The molecule has 0 atom stereocenters. The molecule has 0 bridgehead atoms. The Hall–Kier alpha value is -3.41. The summed E-state index contributed by atoms with van der Waals surface area (Å²) in [6.07, 6.45) is 1.42. The highest BCUT2D eigenvalue weighted by atomic mass is 16.5. The summed E-state index contributed by atoms with van der Waals surface area (Å²) in [5.41, 5.74) is 2.74. The molecule has 1 aromatic carbocycles. The van der Waals surface area contributed by atoms with Crippen molar-refractivity contribution >= 4 is 11.8 Å². The third kappa shape index (κ3) is 4.06. The van der Waals surface area contributed by atoms with Crippen LogP contribution in [-0.2, 0) is 11.3 Å². The van der Waals surface area contributed by atoms with Gasteiger partial charge in [0.05, 0.1) is 0 Å². The van der Waals surface area contributed by atoms with Crippen LogP contribution in [0.5, 0.6) is 0 Å². The van der Waals surface area contributed by atoms with Crippen LogP contribution in [0.25, 0.3) is 0 Å². The van der Waals surface area contributed by atoms with Gasteiger partial charge in [0.2, 0.25) is 5.78 Å². The zero-order chi connectivity index (χ0) is 19.4. The molecule has 27 heavy (non-hydrogen) atoms. The van der Waals surface area contributed by atoms with E-state index in [4.69, 9.17) is 4.74 Å². The van der Waals surface area contributed by atoms with E-state index in [0.717, 1.165) is 17.0 Å². The number of pyridine rings is 1. The van der Waals surface area contributed by atoms with Gasteiger partial charge in [0.25, 0.3) is 5.56 Å². The molecule has 6 nitrogen and oxygen atoms in total. The molecule has 3 rings (SSSR count). The number of H-pyrrole nitrogens is 1. The summed E-state index contributed by atoms with van der Waals surface area (Å²) >= 11 is 0. The first-order valence-corrected chi connectivity index (χ1v) is 8.56. The number of carbonyl (C=O) groups excluding carboxylic acids is 2. The first-order chi connectivity index (χ1) is 13.0. The van der Waals surface area contributed by atoms with Crippen LogP contribution < -0.4 is 5.56 Å². The number of hydrogen-bond acceptors (Lipinski definition) is 4. The highest BCUT2D eigenvalue weighted by molar-refractivity contribution is 6.00. The number of aryl methyl sites for hydroxylation is 1. The molecule has 0 aliphatic rings. The lowest BCUT2D eigenvalue weighted by Gasteiger charge is -2.10. The molecule has 0 radical (unpaired) electrons. The molecule has 0 aliphatic heterocycles. The van der Waals surface area contributed by atoms with Crippen LogP contribution in [0.15, 0.2) is 59.5 Å². The second-order valence-corrected chi connectivity index (χ2v) is 6.27. The van der Waals surface area contributed by atoms with Crippen LogP contribution in [0.4, 0.5) is 0 Å². The predicted octanol–water partition coefficient (Wildman–Crippen LogP) is 2.88. The van der Waals surface area contributed by atoms with Crippen molar-refractivity contribution in [2.75, 3.05) is 6.61 Å². The second-order valence-electron chi connectivity index (χ2n) is 6.27. The summed E-state index contributed by atoms with van der Waals surface area (Å²) in [5, 5.41) is 0. The number of rotatable bonds is 6. The fourth-order valence-corrected chi connectivity index (χ4v) is 2.96. The van der Waals surface area contributed by atoms with Gasteiger partial charge in [0.1, 0.15) is 5.56 Å². The quantitative estimate of drug-likeness (QED) is 0.539. The second kappa shape index (κ2) is 7.86. The Morgan fingerprint density at radius 2 is 1.78 bits per heavy atom. The van der Waals surface area contributed by atoms with Crippen molar-refractivity contribution in [3.8, 4) is 0 Å². The van der Waals surface area contributed by atoms with E-state index in [-0.39, 0.29) is 11.3 Å². The lowest BCUT2D eigenvalue weighted by molar-refractivity contribution is 0.0472. The van der Waals surface area contributed by atoms with Gasteiger partial charge in [-0.25, -0.2) is 4.79 Å². The number of hydrogen-bond donors (Lipinski definition) is 1. The van der Waals surface area contributed by atoms with E-state index < -0.39 is 18.1 Å². The molecule has 0 unspecified atom stereocenters. The van der Waals surface area contributed by atoms with Gasteiger partial charge in [-0.05, 0) is 37.6 Å². The van der Waals surface area contributed by atoms with E-state index in [1.165, 1.54) is 18.3 Å². The minimum Gasteiger partial charge on any atom is -0.454 e. The number of ketones is 1. The molecule has 2 heterocycles. The van der Waals surface area contributed by atoms with Crippen molar-refractivity contribution in [3.63, 3.8) is 0 Å². The lowest BCUT2D eigenvalue weighted by atomic mass is 10.1. The molecule has 0 spiro atoms. The average molecular weight is 364 g/mol. The van der Waals surface area contributed by atoms with Crippen molar-refractivity contribution in [1.29, 1.82) is 0 Å². The maximum Gasteiger partial charge on any atom is 0.344 e. The molecule has 0 aliphatic carbocycles. The van der Waals surface area contributed by atoms with Gasteiger partial charge in [0, 0.05) is 29.7 Å². The molecule has 0 amide bonds. The maximum atomic E-state index is 12.5. The Labute approximate surface area is 156 Å². The van der Waals surface area contributed by atoms with Gasteiger partial charge in [-0.15, -0.1) is 0 Å². The van der Waals surface area contributed by atoms with E-state index in [1.54, 1.807) is 6.07 Å². The zero-order valence-corrected chi connectivity index (χ0v) is 15.2. The molecule has 0 fully saturated rings. The highest BCUT2D eigenvalue weighted by Crippen LogP contribution is 2.18. The number of Topliss-reactive ketones (excluding diaryl/α,β-unsaturated/α-hetero) is 1. The highest BCUT2D eigenvalue weighted by Gasteiger charge is 2.19. The Kier molecular flexibility index (Phi) is 5.35. The molecular formula is C21H20N2O4. The molecule has 0 saturated carbocycles. The summed E-state index contributed by atoms with van der Waals surface area (Å²) in [5.74, 6) is -1.12. The van der Waals surface area contributed by atoms with Crippen molar-refractivity contribution in [3.05, 3.63) is 93.2 Å². The first-order valence-electron chi connectivity index (χ1n) is 8.56. The summed E-state index contributed by atoms with van der Waals surface area (Å²) in [6.45, 7) is 4.04. The third-order valence-corrected chi connectivity index (χ3v) is 4.43. The van der Waals surface area contributed by atoms with E-state index in [2.05, 4.69) is 4.98 Å². The summed E-state index contributed by atoms with van der Waals surface area (Å²) in [6, 6.07) is 14.6. The monoisotopic (exact) mass is 364 g/mol. The van der Waals surface area contributed by atoms with Gasteiger partial charge < -0.3 is 14.3 Å². The summed E-state index contributed by atoms with van der Waals surface area (Å²) < 4.78 is 7.08. The van der Waals surface area contributed by atoms with Gasteiger partial charge >= 0.3 is 5.97 Å². The maximum absolute atomic E-state index is 12.5. The van der Waals surface area contributed by atoms with Crippen molar-refractivity contribution in [1.82, 2.24) is 9.55 Å². The number of aromatic nitrogens is 2. The molecule has 6 heteroatoms. The molecule has 2 aromatic heterocycles. The van der Waals surface area contributed by atoms with Crippen LogP contribution >= 0.6 is 0 Å². The van der Waals surface area contributed by atoms with Crippen molar-refractivity contribution in [2.24, 2.45) is 0 Å². The van der Waals surface area contributed by atoms with Crippen LogP contribution in [-0.4, -0.2) is 27.9 Å². The van der Waals surface area contributed by atoms with Gasteiger partial charge in [-0.3, -0.25) is 9.59 Å². The van der Waals surface area contributed by atoms with E-state index >= 15 is 0 Å². The van der Waals surface area contributed by atoms with Gasteiger partial charge in [-0.1, -0.05) is 30.3 Å². The largest absolute Gasteiger partial charge is 0.454 e. The molecule has 0 saturated heterocycles. The minimum atomic E-state index is -0.816. The molecular weight excluding hydrogens is 344 g/mol. The zero-order valence-electron chi connectivity index (χ0n) is 15.2. The SMILES string of the molecule is Cc1cc(C(=O)COC(=O)c2ccc[nH]c2=O)c(C)n1Cc1ccccc1. The minimum absolute atomic E-state index is 0.125. The Bertz CT molecular complexity index is 1030. The molecule has 3 aromatic rings. The van der Waals surface area contributed by atoms with Crippen molar-refractivity contribution < 1.29 is 14.3 Å². The normalized spacial score (nSPS) is 10.6. The number of nitrogens with zero attached hydrogens (tertiary/aromatic N) is 1. The standard InChI is InChI=1S/C21H20N2O4/c1-14-11-18(15(2)23(14)12-16-7-4-3-5-8-16)19(24)13-27-21(26)17-9-6-10-22-20(17)25/h3-11H,12-13H2,1-2H3,(H,22,25). The van der Waals surface area contributed by atoms with Gasteiger partial charge in [0.15, 0.2) is 6.61 Å². The van der Waals surface area contributed by atoms with Crippen LogP contribution in [0.2, 0.25) is 0 Å². The average Bonchev–Trinajstić information content (AvgIpc) is 2.95. The lowest BCUT2D eigenvalue weighted by Crippen LogP contribution is -2.21. The number of esters is 1. The van der Waals surface area contributed by atoms with Crippen LogP contribution in [0.1, 0.15) is 37.7 Å². The van der Waals surface area contributed by atoms with E-state index in [0.29, 0.717) is 12.1 Å². The smallest absolute Gasteiger partial charge is 0.344 e. The number of carbonyl (C=O) groups is 2. The number of aromatic amines is 1. The van der Waals surface area contributed by atoms with E-state index in [9.17, 15) is 14.4 Å². The van der Waals surface area contributed by atoms with Crippen LogP contribution in [0.3, 0.4) is 0 Å². The third-order valence-electron chi connectivity index (χ3n) is 4.43.